The summed E-state index contributed by atoms with van der Waals surface area (Å²) in [6, 6.07) is 0. The minimum absolute atomic E-state index is 0.0810. The van der Waals surface area contributed by atoms with Crippen LogP contribution >= 0.6 is 0 Å². The Kier molecular flexibility index (Phi) is 23.3. The Balaban J connectivity index is 3.20. The maximum absolute atomic E-state index is 11.9. The number of carbonyl (C=O) groups is 2. The van der Waals surface area contributed by atoms with Crippen LogP contribution in [0.25, 0.3) is 0 Å². The smallest absolute Gasteiger partial charge is 0.305 e. The molecule has 0 N–H and O–H groups in total. The van der Waals surface area contributed by atoms with E-state index in [-0.39, 0.29) is 5.97 Å². The molecule has 0 saturated carbocycles. The second-order valence-corrected chi connectivity index (χ2v) is 8.72. The first-order valence-corrected chi connectivity index (χ1v) is 12.9. The summed E-state index contributed by atoms with van der Waals surface area (Å²) >= 11 is 0. The van der Waals surface area contributed by atoms with E-state index < -0.39 is 0 Å². The molecule has 30 heavy (non-hydrogen) atoms. The van der Waals surface area contributed by atoms with Crippen molar-refractivity contribution in [1.29, 1.82) is 0 Å². The van der Waals surface area contributed by atoms with Crippen molar-refractivity contribution in [3.63, 3.8) is 0 Å². The lowest BCUT2D eigenvalue weighted by Crippen LogP contribution is -1.99. The number of ketones is 1. The second-order valence-electron chi connectivity index (χ2n) is 8.72. The van der Waals surface area contributed by atoms with Crippen LogP contribution in [-0.4, -0.2) is 18.9 Å². The van der Waals surface area contributed by atoms with Gasteiger partial charge >= 0.3 is 5.97 Å². The molecular weight excluding hydrogens is 372 g/mol. The molecule has 0 aliphatic rings. The maximum atomic E-state index is 11.9. The largest absolute Gasteiger partial charge is 0.469 e. The first-order valence-electron chi connectivity index (χ1n) is 12.9. The van der Waals surface area contributed by atoms with Crippen molar-refractivity contribution in [2.45, 2.75) is 142 Å². The Morgan fingerprint density at radius 2 is 1.03 bits per heavy atom. The Morgan fingerprint density at radius 3 is 1.53 bits per heavy atom. The quantitative estimate of drug-likeness (QED) is 0.0941. The van der Waals surface area contributed by atoms with Gasteiger partial charge in [-0.2, -0.15) is 0 Å². The van der Waals surface area contributed by atoms with Gasteiger partial charge in [0.2, 0.25) is 0 Å². The zero-order valence-electron chi connectivity index (χ0n) is 20.2. The van der Waals surface area contributed by atoms with E-state index in [4.69, 9.17) is 0 Å². The highest BCUT2D eigenvalue weighted by atomic mass is 16.5. The first kappa shape index (κ1) is 28.9. The first-order chi connectivity index (χ1) is 14.7. The Bertz CT molecular complexity index is 414. The highest BCUT2D eigenvalue weighted by molar-refractivity contribution is 5.78. The lowest BCUT2D eigenvalue weighted by Gasteiger charge is -2.03. The predicted octanol–water partition coefficient (Wildman–Crippen LogP) is 8.50. The van der Waals surface area contributed by atoms with Gasteiger partial charge in [0.25, 0.3) is 0 Å². The van der Waals surface area contributed by atoms with Crippen LogP contribution in [-0.2, 0) is 14.3 Å². The highest BCUT2D eigenvalue weighted by Gasteiger charge is 2.01. The van der Waals surface area contributed by atoms with E-state index in [0.717, 1.165) is 38.5 Å². The molecule has 0 amide bonds. The molecule has 176 valence electrons. The number of esters is 1. The molecule has 3 heteroatoms. The number of allylic oxidation sites excluding steroid dienone is 2. The molecule has 3 nitrogen and oxygen atoms in total. The number of Topliss-reactive ketones (excluding diaryl/α,β-unsaturated/α-hetero) is 1. The summed E-state index contributed by atoms with van der Waals surface area (Å²) in [6.45, 7) is 2.23. The molecule has 0 aromatic rings. The molecule has 0 rings (SSSR count). The topological polar surface area (TPSA) is 43.4 Å². The van der Waals surface area contributed by atoms with Crippen LogP contribution in [0.3, 0.4) is 0 Å². The molecule has 0 unspecified atom stereocenters. The van der Waals surface area contributed by atoms with Gasteiger partial charge < -0.3 is 4.74 Å². The monoisotopic (exact) mass is 422 g/mol. The Hall–Kier alpha value is -1.12. The van der Waals surface area contributed by atoms with Gasteiger partial charge in [-0.15, -0.1) is 0 Å². The van der Waals surface area contributed by atoms with Crippen molar-refractivity contribution >= 4 is 11.8 Å². The molecule has 0 saturated heterocycles. The summed E-state index contributed by atoms with van der Waals surface area (Å²) in [5.74, 6) is 0.362. The van der Waals surface area contributed by atoms with Crippen LogP contribution in [0.1, 0.15) is 142 Å². The average molecular weight is 423 g/mol. The fourth-order valence-corrected chi connectivity index (χ4v) is 3.76. The van der Waals surface area contributed by atoms with Crippen LogP contribution in [0.4, 0.5) is 0 Å². The summed E-state index contributed by atoms with van der Waals surface area (Å²) in [5.41, 5.74) is 0. The number of rotatable bonds is 23. The van der Waals surface area contributed by atoms with Gasteiger partial charge in [0.05, 0.1) is 7.11 Å². The molecule has 0 aliphatic carbocycles. The van der Waals surface area contributed by atoms with Crippen LogP contribution in [0, 0.1) is 0 Å². The van der Waals surface area contributed by atoms with Gasteiger partial charge in [-0.05, 0) is 32.1 Å². The molecule has 0 fully saturated rings. The average Bonchev–Trinajstić information content (AvgIpc) is 2.75. The van der Waals surface area contributed by atoms with E-state index in [0.29, 0.717) is 12.2 Å². The van der Waals surface area contributed by atoms with Gasteiger partial charge in [0.15, 0.2) is 0 Å². The minimum atomic E-state index is -0.0810. The third-order valence-electron chi connectivity index (χ3n) is 5.80. The molecule has 0 heterocycles. The van der Waals surface area contributed by atoms with Gasteiger partial charge in [0, 0.05) is 19.3 Å². The fourth-order valence-electron chi connectivity index (χ4n) is 3.76. The number of hydrogen-bond acceptors (Lipinski definition) is 3. The third kappa shape index (κ3) is 23.2. The standard InChI is InChI=1S/C27H50O3/c1-3-4-5-6-14-17-20-23-26(28)24-21-18-15-12-10-8-7-9-11-13-16-19-22-25-27(29)30-2/h14,17H,3-13,15-16,18-25H2,1-2H3. The van der Waals surface area contributed by atoms with Crippen molar-refractivity contribution < 1.29 is 14.3 Å². The molecule has 0 bridgehead atoms. The maximum Gasteiger partial charge on any atom is 0.305 e. The van der Waals surface area contributed by atoms with E-state index in [1.54, 1.807) is 0 Å². The normalized spacial score (nSPS) is 11.3. The minimum Gasteiger partial charge on any atom is -0.469 e. The lowest BCUT2D eigenvalue weighted by molar-refractivity contribution is -0.140. The summed E-state index contributed by atoms with van der Waals surface area (Å²) in [6.07, 6.45) is 28.7. The number of methoxy groups -OCH3 is 1. The van der Waals surface area contributed by atoms with Gasteiger partial charge in [-0.25, -0.2) is 0 Å². The zero-order valence-corrected chi connectivity index (χ0v) is 20.2. The summed E-state index contributed by atoms with van der Waals surface area (Å²) < 4.78 is 4.65. The molecule has 0 aliphatic heterocycles. The van der Waals surface area contributed by atoms with E-state index in [1.165, 1.54) is 97.0 Å². The van der Waals surface area contributed by atoms with Crippen LogP contribution in [0.2, 0.25) is 0 Å². The summed E-state index contributed by atoms with van der Waals surface area (Å²) in [5, 5.41) is 0. The summed E-state index contributed by atoms with van der Waals surface area (Å²) in [7, 11) is 1.46. The van der Waals surface area contributed by atoms with Gasteiger partial charge in [-0.1, -0.05) is 103 Å². The zero-order chi connectivity index (χ0) is 22.1. The molecule has 0 aromatic carbocycles. The van der Waals surface area contributed by atoms with Crippen molar-refractivity contribution in [3.05, 3.63) is 12.2 Å². The van der Waals surface area contributed by atoms with Gasteiger partial charge in [0.1, 0.15) is 5.78 Å². The number of carbonyl (C=O) groups excluding carboxylic acids is 2. The molecular formula is C27H50O3. The van der Waals surface area contributed by atoms with Crippen molar-refractivity contribution in [1.82, 2.24) is 0 Å². The predicted molar refractivity (Wildman–Crippen MR) is 129 cm³/mol. The Labute approximate surface area is 187 Å². The van der Waals surface area contributed by atoms with Crippen molar-refractivity contribution in [3.8, 4) is 0 Å². The summed E-state index contributed by atoms with van der Waals surface area (Å²) in [4.78, 5) is 22.9. The van der Waals surface area contributed by atoms with E-state index in [9.17, 15) is 9.59 Å². The second kappa shape index (κ2) is 24.2. The van der Waals surface area contributed by atoms with Crippen molar-refractivity contribution in [2.24, 2.45) is 0 Å². The SMILES string of the molecule is CCCCCC=CCCC(=O)CCCCCCCCCCCCCCCC(=O)OC. The molecule has 0 aromatic heterocycles. The van der Waals surface area contributed by atoms with E-state index in [2.05, 4.69) is 23.8 Å². The Morgan fingerprint density at radius 1 is 0.567 bits per heavy atom. The fraction of sp³-hybridized carbons (Fsp3) is 0.852. The van der Waals surface area contributed by atoms with Gasteiger partial charge in [-0.3, -0.25) is 9.59 Å². The number of ether oxygens (including phenoxy) is 1. The van der Waals surface area contributed by atoms with Crippen molar-refractivity contribution in [2.75, 3.05) is 7.11 Å². The number of hydrogen-bond donors (Lipinski definition) is 0. The highest BCUT2D eigenvalue weighted by Crippen LogP contribution is 2.14. The van der Waals surface area contributed by atoms with Crippen LogP contribution in [0.5, 0.6) is 0 Å². The van der Waals surface area contributed by atoms with E-state index >= 15 is 0 Å². The van der Waals surface area contributed by atoms with Crippen LogP contribution in [0.15, 0.2) is 12.2 Å². The van der Waals surface area contributed by atoms with E-state index in [1.807, 2.05) is 0 Å². The third-order valence-corrected chi connectivity index (χ3v) is 5.80. The van der Waals surface area contributed by atoms with Crippen LogP contribution < -0.4 is 0 Å². The molecule has 0 spiro atoms. The lowest BCUT2D eigenvalue weighted by atomic mass is 10.0. The molecule has 0 radical (unpaired) electrons. The number of unbranched alkanes of at least 4 members (excludes halogenated alkanes) is 15. The molecule has 0 atom stereocenters.